The second kappa shape index (κ2) is 6.64. The fourth-order valence-electron chi connectivity index (χ4n) is 2.93. The largest absolute Gasteiger partial charge is 0.415 e. The van der Waals surface area contributed by atoms with Crippen molar-refractivity contribution < 1.29 is 18.3 Å². The van der Waals surface area contributed by atoms with E-state index in [1.54, 1.807) is 18.0 Å². The second-order valence-electron chi connectivity index (χ2n) is 6.21. The van der Waals surface area contributed by atoms with Gasteiger partial charge in [-0.25, -0.2) is 4.98 Å². The molecule has 0 aliphatic carbocycles. The number of nitrogens with zero attached hydrogens (tertiary/aromatic N) is 4. The van der Waals surface area contributed by atoms with E-state index in [4.69, 9.17) is 5.11 Å². The highest BCUT2D eigenvalue weighted by atomic mass is 19.4. The van der Waals surface area contributed by atoms with E-state index < -0.39 is 18.8 Å². The number of aliphatic hydroxyl groups excluding tert-OH is 1. The lowest BCUT2D eigenvalue weighted by molar-refractivity contribution is -0.208. The standard InChI is InChI=1S/C16H19F3N4O2/c1-21-10-20-13-8-11(2-3-12(13)15(21)25)23-6-4-22(5-7-23)9-14(24)16(17,18)19/h2-3,8,10,14,24H,4-7,9H2,1H3. The van der Waals surface area contributed by atoms with Gasteiger partial charge in [0.05, 0.1) is 17.2 Å². The molecule has 1 unspecified atom stereocenters. The zero-order valence-electron chi connectivity index (χ0n) is 13.7. The maximum absolute atomic E-state index is 12.4. The molecule has 0 spiro atoms. The number of hydrogen-bond donors (Lipinski definition) is 1. The first-order valence-electron chi connectivity index (χ1n) is 7.93. The highest BCUT2D eigenvalue weighted by Crippen LogP contribution is 2.23. The molecule has 1 N–H and O–H groups in total. The number of aromatic nitrogens is 2. The van der Waals surface area contributed by atoms with Gasteiger partial charge in [0.1, 0.15) is 0 Å². The molecule has 1 saturated heterocycles. The number of fused-ring (bicyclic) bond motifs is 1. The number of piperazine rings is 1. The van der Waals surface area contributed by atoms with Crippen LogP contribution >= 0.6 is 0 Å². The number of anilines is 1. The van der Waals surface area contributed by atoms with Crippen molar-refractivity contribution in [1.29, 1.82) is 0 Å². The van der Waals surface area contributed by atoms with Crippen molar-refractivity contribution in [3.63, 3.8) is 0 Å². The predicted molar refractivity (Wildman–Crippen MR) is 87.7 cm³/mol. The van der Waals surface area contributed by atoms with Crippen LogP contribution in [0.5, 0.6) is 0 Å². The van der Waals surface area contributed by atoms with E-state index >= 15 is 0 Å². The van der Waals surface area contributed by atoms with Crippen LogP contribution in [-0.4, -0.2) is 64.6 Å². The molecule has 136 valence electrons. The molecule has 2 aromatic rings. The van der Waals surface area contributed by atoms with E-state index in [1.165, 1.54) is 10.9 Å². The summed E-state index contributed by atoms with van der Waals surface area (Å²) in [6.07, 6.45) is -5.45. The summed E-state index contributed by atoms with van der Waals surface area (Å²) in [5.41, 5.74) is 1.35. The van der Waals surface area contributed by atoms with Gasteiger partial charge in [-0.2, -0.15) is 13.2 Å². The molecule has 1 atom stereocenters. The van der Waals surface area contributed by atoms with Crippen LogP contribution in [0.3, 0.4) is 0 Å². The molecule has 25 heavy (non-hydrogen) atoms. The summed E-state index contributed by atoms with van der Waals surface area (Å²) in [5.74, 6) is 0. The van der Waals surface area contributed by atoms with E-state index in [0.29, 0.717) is 37.1 Å². The van der Waals surface area contributed by atoms with E-state index in [0.717, 1.165) is 5.69 Å². The van der Waals surface area contributed by atoms with Gasteiger partial charge < -0.3 is 14.6 Å². The molecule has 1 aromatic carbocycles. The maximum Gasteiger partial charge on any atom is 0.415 e. The van der Waals surface area contributed by atoms with Gasteiger partial charge in [-0.15, -0.1) is 0 Å². The smallest absolute Gasteiger partial charge is 0.382 e. The maximum atomic E-state index is 12.4. The molecule has 0 bridgehead atoms. The third kappa shape index (κ3) is 3.77. The van der Waals surface area contributed by atoms with Crippen LogP contribution in [-0.2, 0) is 7.05 Å². The highest BCUT2D eigenvalue weighted by molar-refractivity contribution is 5.81. The predicted octanol–water partition coefficient (Wildman–Crippen LogP) is 0.979. The number of alkyl halides is 3. The molecule has 2 heterocycles. The summed E-state index contributed by atoms with van der Waals surface area (Å²) in [4.78, 5) is 19.9. The van der Waals surface area contributed by atoms with Gasteiger partial charge in [0, 0.05) is 45.5 Å². The number of β-amino-alcohol motifs (C(OH)–C–C–N with tert-alkyl or cyclic N) is 1. The summed E-state index contributed by atoms with van der Waals surface area (Å²) >= 11 is 0. The lowest BCUT2D eigenvalue weighted by Crippen LogP contribution is -2.50. The van der Waals surface area contributed by atoms with Crippen molar-refractivity contribution in [2.75, 3.05) is 37.6 Å². The molecule has 0 amide bonds. The molecule has 6 nitrogen and oxygen atoms in total. The van der Waals surface area contributed by atoms with Crippen molar-refractivity contribution in [3.05, 3.63) is 34.9 Å². The summed E-state index contributed by atoms with van der Waals surface area (Å²) in [7, 11) is 1.64. The summed E-state index contributed by atoms with van der Waals surface area (Å²) < 4.78 is 38.7. The van der Waals surface area contributed by atoms with Crippen LogP contribution in [0.1, 0.15) is 0 Å². The lowest BCUT2D eigenvalue weighted by Gasteiger charge is -2.37. The molecule has 0 saturated carbocycles. The Balaban J connectivity index is 1.68. The van der Waals surface area contributed by atoms with Gasteiger partial charge in [-0.1, -0.05) is 0 Å². The van der Waals surface area contributed by atoms with Crippen LogP contribution < -0.4 is 10.5 Å². The number of aliphatic hydroxyl groups is 1. The Morgan fingerprint density at radius 3 is 2.56 bits per heavy atom. The number of rotatable bonds is 3. The SMILES string of the molecule is Cn1cnc2cc(N3CCN(CC(O)C(F)(F)F)CC3)ccc2c1=O. The number of hydrogen-bond acceptors (Lipinski definition) is 5. The van der Waals surface area contributed by atoms with E-state index in [2.05, 4.69) is 4.98 Å². The van der Waals surface area contributed by atoms with Crippen LogP contribution in [0.4, 0.5) is 18.9 Å². The Kier molecular flexibility index (Phi) is 4.70. The highest BCUT2D eigenvalue weighted by Gasteiger charge is 2.39. The molecule has 1 fully saturated rings. The van der Waals surface area contributed by atoms with Gasteiger partial charge >= 0.3 is 6.18 Å². The monoisotopic (exact) mass is 356 g/mol. The van der Waals surface area contributed by atoms with Crippen molar-refractivity contribution in [2.24, 2.45) is 7.05 Å². The number of aryl methyl sites for hydroxylation is 1. The van der Waals surface area contributed by atoms with Crippen LogP contribution in [0.25, 0.3) is 10.9 Å². The fraction of sp³-hybridized carbons (Fsp3) is 0.500. The molecular weight excluding hydrogens is 337 g/mol. The first kappa shape index (κ1) is 17.7. The van der Waals surface area contributed by atoms with Crippen molar-refractivity contribution >= 4 is 16.6 Å². The Hall–Kier alpha value is -2.13. The molecule has 1 aliphatic rings. The first-order chi connectivity index (χ1) is 11.8. The van der Waals surface area contributed by atoms with E-state index in [-0.39, 0.29) is 5.56 Å². The molecule has 3 rings (SSSR count). The number of benzene rings is 1. The first-order valence-corrected chi connectivity index (χ1v) is 7.93. The molecule has 1 aromatic heterocycles. The minimum Gasteiger partial charge on any atom is -0.382 e. The Morgan fingerprint density at radius 1 is 1.24 bits per heavy atom. The van der Waals surface area contributed by atoms with Gasteiger partial charge in [0.25, 0.3) is 5.56 Å². The van der Waals surface area contributed by atoms with Gasteiger partial charge in [-0.3, -0.25) is 9.69 Å². The fourth-order valence-corrected chi connectivity index (χ4v) is 2.93. The molecule has 0 radical (unpaired) electrons. The zero-order valence-corrected chi connectivity index (χ0v) is 13.7. The van der Waals surface area contributed by atoms with Crippen molar-refractivity contribution in [2.45, 2.75) is 12.3 Å². The zero-order chi connectivity index (χ0) is 18.2. The topological polar surface area (TPSA) is 61.6 Å². The number of halogens is 3. The Labute approximate surface area is 142 Å². The minimum absolute atomic E-state index is 0.123. The average molecular weight is 356 g/mol. The molecule has 9 heteroatoms. The van der Waals surface area contributed by atoms with Crippen LogP contribution in [0, 0.1) is 0 Å². The van der Waals surface area contributed by atoms with Gasteiger partial charge in [-0.05, 0) is 18.2 Å². The summed E-state index contributed by atoms with van der Waals surface area (Å²) in [6.45, 7) is 1.53. The van der Waals surface area contributed by atoms with Crippen molar-refractivity contribution in [3.8, 4) is 0 Å². The molecule has 1 aliphatic heterocycles. The Bertz CT molecular complexity index is 813. The minimum atomic E-state index is -4.59. The van der Waals surface area contributed by atoms with Crippen LogP contribution in [0.15, 0.2) is 29.3 Å². The quantitative estimate of drug-likeness (QED) is 0.888. The van der Waals surface area contributed by atoms with Gasteiger partial charge in [0.15, 0.2) is 6.10 Å². The van der Waals surface area contributed by atoms with E-state index in [9.17, 15) is 18.0 Å². The summed E-state index contributed by atoms with van der Waals surface area (Å²) in [6, 6.07) is 5.36. The average Bonchev–Trinajstić information content (AvgIpc) is 2.58. The normalized spacial score (nSPS) is 17.9. The van der Waals surface area contributed by atoms with Crippen molar-refractivity contribution in [1.82, 2.24) is 14.5 Å². The third-order valence-corrected chi connectivity index (χ3v) is 4.45. The third-order valence-electron chi connectivity index (χ3n) is 4.45. The van der Waals surface area contributed by atoms with Gasteiger partial charge in [0.2, 0.25) is 0 Å². The molecular formula is C16H19F3N4O2. The Morgan fingerprint density at radius 2 is 1.92 bits per heavy atom. The van der Waals surface area contributed by atoms with Crippen LogP contribution in [0.2, 0.25) is 0 Å². The van der Waals surface area contributed by atoms with E-state index in [1.807, 2.05) is 17.0 Å². The summed E-state index contributed by atoms with van der Waals surface area (Å²) in [5, 5.41) is 9.70. The lowest BCUT2D eigenvalue weighted by atomic mass is 10.2. The second-order valence-corrected chi connectivity index (χ2v) is 6.21.